The van der Waals surface area contributed by atoms with Gasteiger partial charge in [0.25, 0.3) is 5.91 Å². The maximum Gasteiger partial charge on any atom is 0.435 e. The van der Waals surface area contributed by atoms with Crippen LogP contribution < -0.4 is 10.2 Å². The molecule has 1 N–H and O–H groups in total. The Labute approximate surface area is 178 Å². The minimum absolute atomic E-state index is 0.0473. The fourth-order valence-corrected chi connectivity index (χ4v) is 3.29. The summed E-state index contributed by atoms with van der Waals surface area (Å²) in [5.41, 5.74) is -2.32. The van der Waals surface area contributed by atoms with Crippen LogP contribution in [0.4, 0.5) is 33.3 Å². The van der Waals surface area contributed by atoms with E-state index in [4.69, 9.17) is 4.74 Å². The van der Waals surface area contributed by atoms with Crippen molar-refractivity contribution in [2.45, 2.75) is 6.18 Å². The Morgan fingerprint density at radius 2 is 1.72 bits per heavy atom. The number of ether oxygens (including phenoxy) is 1. The monoisotopic (exact) mass is 453 g/mol. The van der Waals surface area contributed by atoms with Crippen molar-refractivity contribution in [3.8, 4) is 5.69 Å². The van der Waals surface area contributed by atoms with Gasteiger partial charge in [0.15, 0.2) is 11.4 Å². The van der Waals surface area contributed by atoms with E-state index in [2.05, 4.69) is 15.6 Å². The average molecular weight is 453 g/mol. The number of carbonyl (C=O) groups is 1. The van der Waals surface area contributed by atoms with E-state index in [1.165, 1.54) is 12.1 Å². The third kappa shape index (κ3) is 4.40. The van der Waals surface area contributed by atoms with E-state index in [1.54, 1.807) is 4.90 Å². The van der Waals surface area contributed by atoms with Gasteiger partial charge in [-0.25, -0.2) is 13.5 Å². The smallest absolute Gasteiger partial charge is 0.378 e. The molecule has 1 aliphatic heterocycles. The fraction of sp³-hybridized carbons (Fsp3) is 0.250. The van der Waals surface area contributed by atoms with Crippen LogP contribution in [0.15, 0.2) is 42.5 Å². The van der Waals surface area contributed by atoms with Crippen molar-refractivity contribution in [1.82, 2.24) is 15.0 Å². The van der Waals surface area contributed by atoms with Crippen LogP contribution in [0, 0.1) is 11.6 Å². The first-order chi connectivity index (χ1) is 15.2. The minimum atomic E-state index is -4.99. The lowest BCUT2D eigenvalue weighted by Crippen LogP contribution is -2.36. The zero-order valence-corrected chi connectivity index (χ0v) is 16.4. The molecule has 0 radical (unpaired) electrons. The second-order valence-electron chi connectivity index (χ2n) is 6.89. The number of carbonyl (C=O) groups excluding carboxylic acids is 1. The lowest BCUT2D eigenvalue weighted by atomic mass is 10.2. The van der Waals surface area contributed by atoms with Gasteiger partial charge in [0.1, 0.15) is 11.6 Å². The number of amides is 1. The molecule has 1 fully saturated rings. The largest absolute Gasteiger partial charge is 0.435 e. The predicted octanol–water partition coefficient (Wildman–Crippen LogP) is 3.65. The highest BCUT2D eigenvalue weighted by Gasteiger charge is 2.42. The van der Waals surface area contributed by atoms with Gasteiger partial charge in [0.05, 0.1) is 24.6 Å². The average Bonchev–Trinajstić information content (AvgIpc) is 3.21. The Morgan fingerprint density at radius 1 is 1.03 bits per heavy atom. The Balaban J connectivity index is 1.61. The van der Waals surface area contributed by atoms with E-state index in [9.17, 15) is 26.7 Å². The number of hydrogen-bond donors (Lipinski definition) is 1. The van der Waals surface area contributed by atoms with E-state index in [1.807, 2.05) is 0 Å². The number of morpholine rings is 1. The molecule has 4 rings (SSSR count). The highest BCUT2D eigenvalue weighted by Crippen LogP contribution is 2.33. The number of anilines is 2. The highest BCUT2D eigenvalue weighted by atomic mass is 19.4. The zero-order chi connectivity index (χ0) is 22.9. The van der Waals surface area contributed by atoms with E-state index >= 15 is 0 Å². The number of hydrogen-bond acceptors (Lipinski definition) is 5. The van der Waals surface area contributed by atoms with Crippen molar-refractivity contribution in [1.29, 1.82) is 0 Å². The van der Waals surface area contributed by atoms with Gasteiger partial charge < -0.3 is 15.0 Å². The van der Waals surface area contributed by atoms with Crippen LogP contribution >= 0.6 is 0 Å². The zero-order valence-electron chi connectivity index (χ0n) is 16.4. The number of benzene rings is 2. The molecule has 1 aliphatic rings. The molecule has 2 aromatic carbocycles. The van der Waals surface area contributed by atoms with E-state index < -0.39 is 35.1 Å². The summed E-state index contributed by atoms with van der Waals surface area (Å²) in [5, 5.41) is 8.99. The van der Waals surface area contributed by atoms with Crippen molar-refractivity contribution >= 4 is 17.3 Å². The quantitative estimate of drug-likeness (QED) is 0.611. The van der Waals surface area contributed by atoms with Crippen LogP contribution in [-0.4, -0.2) is 47.2 Å². The van der Waals surface area contributed by atoms with E-state index in [0.29, 0.717) is 36.7 Å². The van der Waals surface area contributed by atoms with Gasteiger partial charge in [-0.2, -0.15) is 13.2 Å². The Hall–Kier alpha value is -3.54. The van der Waals surface area contributed by atoms with Crippen LogP contribution in [-0.2, 0) is 10.9 Å². The van der Waals surface area contributed by atoms with Gasteiger partial charge in [-0.05, 0) is 42.5 Å². The van der Waals surface area contributed by atoms with E-state index in [-0.39, 0.29) is 11.4 Å². The molecule has 0 unspecified atom stereocenters. The molecule has 3 aromatic rings. The molecule has 0 aliphatic carbocycles. The molecule has 0 atom stereocenters. The summed E-state index contributed by atoms with van der Waals surface area (Å²) in [6, 6.07) is 7.87. The number of aromatic nitrogens is 3. The number of nitrogens with zero attached hydrogens (tertiary/aromatic N) is 4. The molecular formula is C20H16F5N5O2. The van der Waals surface area contributed by atoms with Crippen LogP contribution in [0.1, 0.15) is 16.2 Å². The number of alkyl halides is 3. The highest BCUT2D eigenvalue weighted by molar-refractivity contribution is 6.03. The summed E-state index contributed by atoms with van der Waals surface area (Å²) in [6.45, 7) is 1.87. The fourth-order valence-electron chi connectivity index (χ4n) is 3.29. The van der Waals surface area contributed by atoms with Crippen molar-refractivity contribution in [3.05, 3.63) is 65.5 Å². The third-order valence-corrected chi connectivity index (χ3v) is 4.78. The van der Waals surface area contributed by atoms with E-state index in [0.717, 1.165) is 30.3 Å². The summed E-state index contributed by atoms with van der Waals surface area (Å²) in [7, 11) is 0. The first-order valence-electron chi connectivity index (χ1n) is 9.46. The summed E-state index contributed by atoms with van der Waals surface area (Å²) >= 11 is 0. The number of nitrogens with one attached hydrogen (secondary N) is 1. The van der Waals surface area contributed by atoms with Gasteiger partial charge in [-0.1, -0.05) is 5.21 Å². The molecule has 2 heterocycles. The summed E-state index contributed by atoms with van der Waals surface area (Å²) in [4.78, 5) is 14.3. The van der Waals surface area contributed by atoms with Crippen LogP contribution in [0.2, 0.25) is 0 Å². The molecule has 1 saturated heterocycles. The maximum absolute atomic E-state index is 14.5. The number of rotatable bonds is 4. The van der Waals surface area contributed by atoms with Crippen molar-refractivity contribution in [2.75, 3.05) is 36.5 Å². The number of halogens is 5. The minimum Gasteiger partial charge on any atom is -0.378 e. The van der Waals surface area contributed by atoms with Gasteiger partial charge in [-0.3, -0.25) is 4.79 Å². The third-order valence-electron chi connectivity index (χ3n) is 4.78. The van der Waals surface area contributed by atoms with Gasteiger partial charge >= 0.3 is 6.18 Å². The van der Waals surface area contributed by atoms with Crippen LogP contribution in [0.5, 0.6) is 0 Å². The molecule has 32 heavy (non-hydrogen) atoms. The molecule has 0 spiro atoms. The molecule has 168 valence electrons. The molecule has 1 amide bonds. The predicted molar refractivity (Wildman–Crippen MR) is 104 cm³/mol. The van der Waals surface area contributed by atoms with Crippen LogP contribution in [0.25, 0.3) is 5.69 Å². The van der Waals surface area contributed by atoms with Gasteiger partial charge in [-0.15, -0.1) is 5.10 Å². The van der Waals surface area contributed by atoms with Crippen LogP contribution in [0.3, 0.4) is 0 Å². The normalized spacial score (nSPS) is 14.5. The molecule has 1 aromatic heterocycles. The lowest BCUT2D eigenvalue weighted by Gasteiger charge is -2.29. The van der Waals surface area contributed by atoms with Crippen molar-refractivity contribution < 1.29 is 31.5 Å². The second kappa shape index (κ2) is 8.54. The van der Waals surface area contributed by atoms with Gasteiger partial charge in [0, 0.05) is 18.8 Å². The molecule has 0 bridgehead atoms. The summed E-state index contributed by atoms with van der Waals surface area (Å²) in [5.74, 6) is -2.51. The topological polar surface area (TPSA) is 72.3 Å². The molecule has 7 nitrogen and oxygen atoms in total. The Kier molecular flexibility index (Phi) is 5.78. The first-order valence-corrected chi connectivity index (χ1v) is 9.46. The Bertz CT molecular complexity index is 1120. The SMILES string of the molecule is O=C(Nc1ccc(N2CCOCC2)c(F)c1)c1nnn(-c2ccc(F)cc2)c1C(F)(F)F. The summed E-state index contributed by atoms with van der Waals surface area (Å²) in [6.07, 6.45) is -4.99. The van der Waals surface area contributed by atoms with Crippen molar-refractivity contribution in [2.24, 2.45) is 0 Å². The van der Waals surface area contributed by atoms with Crippen molar-refractivity contribution in [3.63, 3.8) is 0 Å². The van der Waals surface area contributed by atoms with Gasteiger partial charge in [0.2, 0.25) is 0 Å². The molecule has 0 saturated carbocycles. The summed E-state index contributed by atoms with van der Waals surface area (Å²) < 4.78 is 74.4. The lowest BCUT2D eigenvalue weighted by molar-refractivity contribution is -0.143. The molecular weight excluding hydrogens is 437 g/mol. The second-order valence-corrected chi connectivity index (χ2v) is 6.89. The molecule has 12 heteroatoms. The Morgan fingerprint density at radius 3 is 2.34 bits per heavy atom. The first kappa shape index (κ1) is 21.7. The standard InChI is InChI=1S/C20H16F5N5O2/c21-12-1-4-14(5-2-12)30-18(20(23,24)25)17(27-28-30)19(31)26-13-3-6-16(15(22)11-13)29-7-9-32-10-8-29/h1-6,11H,7-10H2,(H,26,31). The maximum atomic E-state index is 14.5.